The molecule has 1 N–H and O–H groups in total. The van der Waals surface area contributed by atoms with Gasteiger partial charge in [0.05, 0.1) is 0 Å². The van der Waals surface area contributed by atoms with Crippen molar-refractivity contribution in [3.05, 3.63) is 77.3 Å². The number of fused-ring (bicyclic) bond motifs is 1. The Morgan fingerprint density at radius 1 is 1.07 bits per heavy atom. The summed E-state index contributed by atoms with van der Waals surface area (Å²) in [6.45, 7) is 2.58. The van der Waals surface area contributed by atoms with E-state index >= 15 is 0 Å². The number of nitrogens with one attached hydrogen (secondary N) is 1. The second-order valence-electron chi connectivity index (χ2n) is 6.46. The van der Waals surface area contributed by atoms with Gasteiger partial charge in [-0.25, -0.2) is 0 Å². The molecule has 0 aliphatic carbocycles. The van der Waals surface area contributed by atoms with Gasteiger partial charge in [-0.3, -0.25) is 4.79 Å². The summed E-state index contributed by atoms with van der Waals surface area (Å²) in [5.41, 5.74) is 1.23. The molecule has 0 bridgehead atoms. The second kappa shape index (κ2) is 10.4. The molecule has 3 nitrogen and oxygen atoms in total. The van der Waals surface area contributed by atoms with Gasteiger partial charge in [0, 0.05) is 28.5 Å². The molecule has 0 heterocycles. The molecule has 0 aliphatic heterocycles. The van der Waals surface area contributed by atoms with Gasteiger partial charge in [0.15, 0.2) is 6.10 Å². The number of rotatable bonds is 9. The molecule has 0 fully saturated rings. The fourth-order valence-corrected chi connectivity index (χ4v) is 3.85. The lowest BCUT2D eigenvalue weighted by Gasteiger charge is -2.18. The number of carbonyl (C=O) groups is 1. The van der Waals surface area contributed by atoms with Crippen LogP contribution in [-0.2, 0) is 10.5 Å². The van der Waals surface area contributed by atoms with Gasteiger partial charge < -0.3 is 10.1 Å². The summed E-state index contributed by atoms with van der Waals surface area (Å²) in [5.74, 6) is 2.43. The number of hydrogen-bond acceptors (Lipinski definition) is 3. The molecule has 3 aromatic rings. The van der Waals surface area contributed by atoms with Crippen LogP contribution in [0.3, 0.4) is 0 Å². The Morgan fingerprint density at radius 3 is 2.61 bits per heavy atom. The highest BCUT2D eigenvalue weighted by molar-refractivity contribution is 7.98. The first-order valence-corrected chi connectivity index (χ1v) is 10.9. The average molecular weight is 414 g/mol. The summed E-state index contributed by atoms with van der Waals surface area (Å²) in [4.78, 5) is 12.5. The fraction of sp³-hybridized carbons (Fsp3) is 0.261. The Kier molecular flexibility index (Phi) is 7.63. The van der Waals surface area contributed by atoms with E-state index in [9.17, 15) is 4.79 Å². The molecular weight excluding hydrogens is 390 g/mol. The molecule has 0 spiro atoms. The zero-order valence-electron chi connectivity index (χ0n) is 15.9. The highest BCUT2D eigenvalue weighted by Crippen LogP contribution is 2.26. The van der Waals surface area contributed by atoms with Crippen LogP contribution in [0.25, 0.3) is 10.8 Å². The largest absolute Gasteiger partial charge is 0.480 e. The number of carbonyl (C=O) groups excluding carboxylic acids is 1. The van der Waals surface area contributed by atoms with E-state index in [2.05, 4.69) is 5.32 Å². The summed E-state index contributed by atoms with van der Waals surface area (Å²) in [5, 5.41) is 5.87. The van der Waals surface area contributed by atoms with E-state index in [1.165, 1.54) is 5.56 Å². The zero-order valence-corrected chi connectivity index (χ0v) is 17.4. The summed E-state index contributed by atoms with van der Waals surface area (Å²) in [6.07, 6.45) is 0.125. The monoisotopic (exact) mass is 413 g/mol. The summed E-state index contributed by atoms with van der Waals surface area (Å²) >= 11 is 7.68. The van der Waals surface area contributed by atoms with E-state index < -0.39 is 6.10 Å². The number of halogens is 1. The maximum Gasteiger partial charge on any atom is 0.261 e. The van der Waals surface area contributed by atoms with Gasteiger partial charge in [-0.05, 0) is 35.6 Å². The molecule has 146 valence electrons. The summed E-state index contributed by atoms with van der Waals surface area (Å²) < 4.78 is 6.04. The van der Waals surface area contributed by atoms with Gasteiger partial charge in [0.25, 0.3) is 5.91 Å². The first kappa shape index (κ1) is 20.6. The third-order valence-electron chi connectivity index (χ3n) is 4.41. The molecule has 3 rings (SSSR count). The van der Waals surface area contributed by atoms with Crippen LogP contribution in [0.5, 0.6) is 5.75 Å². The van der Waals surface area contributed by atoms with Crippen LogP contribution in [-0.4, -0.2) is 24.3 Å². The standard InChI is InChI=1S/C23H24ClNO2S/c1-2-21(27-22-9-5-7-18-6-3-4-8-20(18)22)23(26)25-14-15-28-16-17-10-12-19(24)13-11-17/h3-13,21H,2,14-16H2,1H3,(H,25,26). The van der Waals surface area contributed by atoms with Gasteiger partial charge in [-0.1, -0.05) is 67.1 Å². The predicted molar refractivity (Wildman–Crippen MR) is 119 cm³/mol. The normalized spacial score (nSPS) is 11.9. The number of benzene rings is 3. The van der Waals surface area contributed by atoms with Crippen LogP contribution in [0.2, 0.25) is 5.02 Å². The zero-order chi connectivity index (χ0) is 19.8. The van der Waals surface area contributed by atoms with Crippen molar-refractivity contribution in [1.29, 1.82) is 0 Å². The molecule has 0 aromatic heterocycles. The van der Waals surface area contributed by atoms with E-state index in [1.807, 2.05) is 73.7 Å². The van der Waals surface area contributed by atoms with Gasteiger partial charge in [-0.15, -0.1) is 0 Å². The average Bonchev–Trinajstić information content (AvgIpc) is 2.73. The molecule has 28 heavy (non-hydrogen) atoms. The predicted octanol–water partition coefficient (Wildman–Crippen LogP) is 5.70. The van der Waals surface area contributed by atoms with Crippen LogP contribution >= 0.6 is 23.4 Å². The van der Waals surface area contributed by atoms with Crippen LogP contribution < -0.4 is 10.1 Å². The minimum Gasteiger partial charge on any atom is -0.480 e. The van der Waals surface area contributed by atoms with Crippen molar-refractivity contribution in [1.82, 2.24) is 5.32 Å². The Balaban J connectivity index is 1.47. The Morgan fingerprint density at radius 2 is 1.82 bits per heavy atom. The number of hydrogen-bond donors (Lipinski definition) is 1. The minimum absolute atomic E-state index is 0.0671. The lowest BCUT2D eigenvalue weighted by Crippen LogP contribution is -2.39. The molecule has 0 saturated heterocycles. The Labute approximate surface area is 175 Å². The minimum atomic E-state index is -0.493. The van der Waals surface area contributed by atoms with Gasteiger partial charge in [0.2, 0.25) is 0 Å². The van der Waals surface area contributed by atoms with Gasteiger partial charge >= 0.3 is 0 Å². The molecule has 1 atom stereocenters. The molecule has 5 heteroatoms. The SMILES string of the molecule is CCC(Oc1cccc2ccccc12)C(=O)NCCSCc1ccc(Cl)cc1. The number of amides is 1. The van der Waals surface area contributed by atoms with E-state index in [-0.39, 0.29) is 5.91 Å². The van der Waals surface area contributed by atoms with Gasteiger partial charge in [-0.2, -0.15) is 11.8 Å². The molecule has 1 amide bonds. The molecule has 3 aromatic carbocycles. The molecular formula is C23H24ClNO2S. The van der Waals surface area contributed by atoms with Gasteiger partial charge in [0.1, 0.15) is 5.75 Å². The third-order valence-corrected chi connectivity index (χ3v) is 5.69. The fourth-order valence-electron chi connectivity index (χ4n) is 2.90. The highest BCUT2D eigenvalue weighted by atomic mass is 35.5. The van der Waals surface area contributed by atoms with E-state index in [0.717, 1.165) is 33.1 Å². The van der Waals surface area contributed by atoms with Crippen molar-refractivity contribution in [3.63, 3.8) is 0 Å². The highest BCUT2D eigenvalue weighted by Gasteiger charge is 2.18. The van der Waals surface area contributed by atoms with Crippen LogP contribution in [0.1, 0.15) is 18.9 Å². The first-order chi connectivity index (χ1) is 13.7. The van der Waals surface area contributed by atoms with Crippen molar-refractivity contribution in [2.45, 2.75) is 25.2 Å². The smallest absolute Gasteiger partial charge is 0.261 e. The Bertz CT molecular complexity index is 909. The van der Waals surface area contributed by atoms with E-state index in [1.54, 1.807) is 11.8 Å². The molecule has 1 unspecified atom stereocenters. The van der Waals surface area contributed by atoms with Crippen LogP contribution in [0.15, 0.2) is 66.7 Å². The second-order valence-corrected chi connectivity index (χ2v) is 8.00. The van der Waals surface area contributed by atoms with Crippen molar-refractivity contribution < 1.29 is 9.53 Å². The maximum atomic E-state index is 12.5. The molecule has 0 radical (unpaired) electrons. The van der Waals surface area contributed by atoms with Crippen molar-refractivity contribution in [3.8, 4) is 5.75 Å². The summed E-state index contributed by atoms with van der Waals surface area (Å²) in [6, 6.07) is 21.8. The molecule has 0 saturated carbocycles. The Hall–Kier alpha value is -2.17. The molecule has 0 aliphatic rings. The lowest BCUT2D eigenvalue weighted by atomic mass is 10.1. The van der Waals surface area contributed by atoms with Crippen molar-refractivity contribution in [2.24, 2.45) is 0 Å². The first-order valence-electron chi connectivity index (χ1n) is 9.41. The van der Waals surface area contributed by atoms with Crippen LogP contribution in [0, 0.1) is 0 Å². The quantitative estimate of drug-likeness (QED) is 0.457. The van der Waals surface area contributed by atoms with Crippen molar-refractivity contribution in [2.75, 3.05) is 12.3 Å². The van der Waals surface area contributed by atoms with E-state index in [0.29, 0.717) is 13.0 Å². The number of ether oxygens (including phenoxy) is 1. The van der Waals surface area contributed by atoms with Crippen LogP contribution in [0.4, 0.5) is 0 Å². The third kappa shape index (κ3) is 5.66. The topological polar surface area (TPSA) is 38.3 Å². The van der Waals surface area contributed by atoms with E-state index in [4.69, 9.17) is 16.3 Å². The maximum absolute atomic E-state index is 12.5. The number of thioether (sulfide) groups is 1. The summed E-state index contributed by atoms with van der Waals surface area (Å²) in [7, 11) is 0. The lowest BCUT2D eigenvalue weighted by molar-refractivity contribution is -0.127. The van der Waals surface area contributed by atoms with Crippen molar-refractivity contribution >= 4 is 40.0 Å².